The van der Waals surface area contributed by atoms with Crippen LogP contribution in [-0.4, -0.2) is 45.5 Å². The van der Waals surface area contributed by atoms with Crippen LogP contribution in [0.25, 0.3) is 11.3 Å². The summed E-state index contributed by atoms with van der Waals surface area (Å²) in [6.45, 7) is 1.12. The average molecular weight is 494 g/mol. The molecule has 3 N–H and O–H groups in total. The zero-order chi connectivity index (χ0) is 25.5. The molecule has 6 rings (SSSR count). The maximum absolute atomic E-state index is 12.8. The van der Waals surface area contributed by atoms with Gasteiger partial charge in [0.2, 0.25) is 0 Å². The van der Waals surface area contributed by atoms with Crippen LogP contribution in [0.4, 0.5) is 5.82 Å². The van der Waals surface area contributed by atoms with Gasteiger partial charge in [-0.2, -0.15) is 5.10 Å². The fourth-order valence-electron chi connectivity index (χ4n) is 4.85. The van der Waals surface area contributed by atoms with Crippen LogP contribution in [0.15, 0.2) is 78.9 Å². The van der Waals surface area contributed by atoms with Gasteiger partial charge in [0.1, 0.15) is 28.6 Å². The van der Waals surface area contributed by atoms with Gasteiger partial charge >= 0.3 is 0 Å². The maximum Gasteiger partial charge on any atom is 0.261 e. The van der Waals surface area contributed by atoms with Crippen molar-refractivity contribution in [1.29, 1.82) is 0 Å². The number of ether oxygens (including phenoxy) is 1. The Morgan fingerprint density at radius 2 is 1.54 bits per heavy atom. The van der Waals surface area contributed by atoms with Crippen molar-refractivity contribution >= 4 is 23.5 Å². The second-order valence-electron chi connectivity index (χ2n) is 9.07. The van der Waals surface area contributed by atoms with E-state index in [2.05, 4.69) is 10.4 Å². The van der Waals surface area contributed by atoms with Crippen molar-refractivity contribution in [3.8, 4) is 22.8 Å². The van der Waals surface area contributed by atoms with Gasteiger partial charge in [-0.15, -0.1) is 0 Å². The molecule has 4 aromatic rings. The molecule has 0 saturated heterocycles. The van der Waals surface area contributed by atoms with Crippen LogP contribution in [0.3, 0.4) is 0 Å². The number of imide groups is 1. The van der Waals surface area contributed by atoms with Crippen molar-refractivity contribution in [2.45, 2.75) is 6.54 Å². The molecule has 3 heterocycles. The minimum Gasteiger partial charge on any atom is -0.457 e. The lowest BCUT2D eigenvalue weighted by atomic mass is 10.0. The molecule has 0 bridgehead atoms. The standard InChI is InChI=1S/C28H23N5O4/c29-25(34)23-24(18-10-12-20(13-11-18)37-19-6-2-1-3-7-19)31-33-16-17(14-30-26(23)33)15-32-27(35)21-8-4-5-9-22(21)28(32)36/h1-13,17,30H,14-16H2,(H2,29,34). The van der Waals surface area contributed by atoms with E-state index in [-0.39, 0.29) is 24.3 Å². The van der Waals surface area contributed by atoms with Crippen LogP contribution in [0.1, 0.15) is 31.1 Å². The molecular weight excluding hydrogens is 470 g/mol. The molecule has 3 amide bonds. The summed E-state index contributed by atoms with van der Waals surface area (Å²) >= 11 is 0. The van der Waals surface area contributed by atoms with Crippen LogP contribution in [0.2, 0.25) is 0 Å². The smallest absolute Gasteiger partial charge is 0.261 e. The van der Waals surface area contributed by atoms with Gasteiger partial charge in [-0.3, -0.25) is 19.3 Å². The van der Waals surface area contributed by atoms with Gasteiger partial charge in [0.25, 0.3) is 17.7 Å². The summed E-state index contributed by atoms with van der Waals surface area (Å²) in [6, 6.07) is 23.6. The summed E-state index contributed by atoms with van der Waals surface area (Å²) in [6.07, 6.45) is 0. The minimum atomic E-state index is -0.591. The number of amides is 3. The number of rotatable bonds is 6. The molecule has 1 aromatic heterocycles. The third-order valence-electron chi connectivity index (χ3n) is 6.61. The second-order valence-corrected chi connectivity index (χ2v) is 9.07. The lowest BCUT2D eigenvalue weighted by molar-refractivity contribution is 0.0624. The van der Waals surface area contributed by atoms with Crippen LogP contribution < -0.4 is 15.8 Å². The molecule has 0 spiro atoms. The molecule has 0 radical (unpaired) electrons. The van der Waals surface area contributed by atoms with Crippen LogP contribution in [0, 0.1) is 5.92 Å². The van der Waals surface area contributed by atoms with E-state index in [0.717, 1.165) is 11.3 Å². The van der Waals surface area contributed by atoms with E-state index in [1.165, 1.54) is 4.90 Å². The number of nitrogens with one attached hydrogen (secondary N) is 1. The second kappa shape index (κ2) is 8.94. The van der Waals surface area contributed by atoms with Crippen molar-refractivity contribution in [1.82, 2.24) is 14.7 Å². The highest BCUT2D eigenvalue weighted by Gasteiger charge is 2.37. The van der Waals surface area contributed by atoms with Gasteiger partial charge in [0.15, 0.2) is 0 Å². The predicted octanol–water partition coefficient (Wildman–Crippen LogP) is 3.78. The fourth-order valence-corrected chi connectivity index (χ4v) is 4.85. The Hall–Kier alpha value is -4.92. The third kappa shape index (κ3) is 4.00. The number of nitrogens with two attached hydrogens (primary N) is 1. The van der Waals surface area contributed by atoms with Gasteiger partial charge in [0, 0.05) is 31.1 Å². The lowest BCUT2D eigenvalue weighted by Crippen LogP contribution is -2.40. The zero-order valence-corrected chi connectivity index (χ0v) is 19.8. The van der Waals surface area contributed by atoms with Crippen molar-refractivity contribution in [3.63, 3.8) is 0 Å². The predicted molar refractivity (Wildman–Crippen MR) is 136 cm³/mol. The van der Waals surface area contributed by atoms with Crippen LogP contribution in [0.5, 0.6) is 11.5 Å². The third-order valence-corrected chi connectivity index (χ3v) is 6.61. The first-order valence-electron chi connectivity index (χ1n) is 11.9. The number of hydrogen-bond donors (Lipinski definition) is 2. The summed E-state index contributed by atoms with van der Waals surface area (Å²) < 4.78 is 7.55. The van der Waals surface area contributed by atoms with E-state index < -0.39 is 5.91 Å². The average Bonchev–Trinajstić information content (AvgIpc) is 3.41. The summed E-state index contributed by atoms with van der Waals surface area (Å²) in [5.74, 6) is 0.645. The summed E-state index contributed by atoms with van der Waals surface area (Å²) in [5.41, 5.74) is 8.08. The fraction of sp³-hybridized carbons (Fsp3) is 0.143. The van der Waals surface area contributed by atoms with E-state index >= 15 is 0 Å². The molecular formula is C28H23N5O4. The molecule has 1 atom stereocenters. The Balaban J connectivity index is 1.23. The molecule has 184 valence electrons. The zero-order valence-electron chi connectivity index (χ0n) is 19.8. The van der Waals surface area contributed by atoms with Gasteiger partial charge in [-0.1, -0.05) is 30.3 Å². The molecule has 2 aliphatic rings. The first kappa shape index (κ1) is 22.5. The first-order valence-corrected chi connectivity index (χ1v) is 11.9. The van der Waals surface area contributed by atoms with Gasteiger partial charge < -0.3 is 15.8 Å². The number of aromatic nitrogens is 2. The number of benzene rings is 3. The summed E-state index contributed by atoms with van der Waals surface area (Å²) in [4.78, 5) is 39.3. The lowest BCUT2D eigenvalue weighted by Gasteiger charge is -2.28. The summed E-state index contributed by atoms with van der Waals surface area (Å²) in [5, 5.41) is 7.93. The van der Waals surface area contributed by atoms with E-state index in [1.807, 2.05) is 54.6 Å². The highest BCUT2D eigenvalue weighted by atomic mass is 16.5. The molecule has 0 aliphatic carbocycles. The Morgan fingerprint density at radius 1 is 0.919 bits per heavy atom. The van der Waals surface area contributed by atoms with Crippen molar-refractivity contribution in [2.75, 3.05) is 18.4 Å². The Bertz CT molecular complexity index is 1490. The molecule has 0 fully saturated rings. The van der Waals surface area contributed by atoms with Crippen LogP contribution >= 0.6 is 0 Å². The molecule has 37 heavy (non-hydrogen) atoms. The van der Waals surface area contributed by atoms with E-state index in [1.54, 1.807) is 28.9 Å². The van der Waals surface area contributed by atoms with E-state index in [0.29, 0.717) is 47.0 Å². The topological polar surface area (TPSA) is 120 Å². The number of para-hydroxylation sites is 1. The molecule has 0 saturated carbocycles. The number of primary amides is 1. The highest BCUT2D eigenvalue weighted by molar-refractivity contribution is 6.21. The highest BCUT2D eigenvalue weighted by Crippen LogP contribution is 2.34. The Labute approximate surface area is 212 Å². The maximum atomic E-state index is 12.8. The van der Waals surface area contributed by atoms with Gasteiger partial charge in [-0.25, -0.2) is 4.68 Å². The normalized spacial score (nSPS) is 16.2. The van der Waals surface area contributed by atoms with Crippen molar-refractivity contribution in [3.05, 3.63) is 95.6 Å². The number of nitrogens with zero attached hydrogens (tertiary/aromatic N) is 3. The molecule has 2 aliphatic heterocycles. The first-order chi connectivity index (χ1) is 18.0. The number of carbonyl (C=O) groups is 3. The quantitative estimate of drug-likeness (QED) is 0.395. The Kier molecular flexibility index (Phi) is 5.45. The van der Waals surface area contributed by atoms with E-state index in [4.69, 9.17) is 10.5 Å². The number of fused-ring (bicyclic) bond motifs is 2. The van der Waals surface area contributed by atoms with Crippen molar-refractivity contribution in [2.24, 2.45) is 11.7 Å². The largest absolute Gasteiger partial charge is 0.457 e. The number of carbonyl (C=O) groups excluding carboxylic acids is 3. The molecule has 9 nitrogen and oxygen atoms in total. The van der Waals surface area contributed by atoms with Gasteiger partial charge in [-0.05, 0) is 48.5 Å². The number of hydrogen-bond acceptors (Lipinski definition) is 6. The number of anilines is 1. The van der Waals surface area contributed by atoms with Gasteiger partial charge in [0.05, 0.1) is 11.1 Å². The van der Waals surface area contributed by atoms with Crippen LogP contribution in [-0.2, 0) is 6.54 Å². The molecule has 3 aromatic carbocycles. The Morgan fingerprint density at radius 3 is 2.19 bits per heavy atom. The van der Waals surface area contributed by atoms with Crippen molar-refractivity contribution < 1.29 is 19.1 Å². The van der Waals surface area contributed by atoms with E-state index in [9.17, 15) is 14.4 Å². The molecule has 1 unspecified atom stereocenters. The summed E-state index contributed by atoms with van der Waals surface area (Å²) in [7, 11) is 0. The minimum absolute atomic E-state index is 0.0927. The molecule has 9 heteroatoms. The monoisotopic (exact) mass is 493 g/mol. The SMILES string of the molecule is NC(=O)c1c(-c2ccc(Oc3ccccc3)cc2)nn2c1NCC(CN1C(=O)c3ccccc3C1=O)C2.